The zero-order valence-electron chi connectivity index (χ0n) is 20.9. The van der Waals surface area contributed by atoms with Crippen molar-refractivity contribution >= 4 is 39.9 Å². The average Bonchev–Trinajstić information content (AvgIpc) is 2.86. The first kappa shape index (κ1) is 27.1. The summed E-state index contributed by atoms with van der Waals surface area (Å²) in [6.07, 6.45) is 4.43. The second kappa shape index (κ2) is 12.5. The third kappa shape index (κ3) is 6.20. The van der Waals surface area contributed by atoms with Gasteiger partial charge in [0.15, 0.2) is 0 Å². The Bertz CT molecular complexity index is 1280. The van der Waals surface area contributed by atoms with Crippen LogP contribution in [0.4, 0.5) is 16.2 Å². The van der Waals surface area contributed by atoms with Crippen molar-refractivity contribution in [1.29, 1.82) is 0 Å². The highest BCUT2D eigenvalue weighted by Gasteiger charge is 2.28. The maximum atomic E-state index is 13.5. The van der Waals surface area contributed by atoms with Gasteiger partial charge in [-0.2, -0.15) is 0 Å². The number of hydrogen-bond acceptors (Lipinski definition) is 5. The van der Waals surface area contributed by atoms with Crippen molar-refractivity contribution in [2.75, 3.05) is 11.9 Å². The highest BCUT2D eigenvalue weighted by atomic mass is 35.5. The molecule has 1 unspecified atom stereocenters. The van der Waals surface area contributed by atoms with Crippen LogP contribution in [0.1, 0.15) is 64.7 Å². The molecular weight excluding hydrogens is 482 g/mol. The molecule has 0 radical (unpaired) electrons. The monoisotopic (exact) mass is 513 g/mol. The Balaban J connectivity index is 2.01. The molecule has 9 nitrogen and oxygen atoms in total. The van der Waals surface area contributed by atoms with Gasteiger partial charge in [-0.3, -0.25) is 19.5 Å². The summed E-state index contributed by atoms with van der Waals surface area (Å²) in [5.74, 6) is 0.508. The number of aromatic nitrogens is 2. The van der Waals surface area contributed by atoms with Gasteiger partial charge in [-0.25, -0.2) is 9.78 Å². The number of carbonyl (C=O) groups excluding carboxylic acids is 1. The number of urea groups is 1. The van der Waals surface area contributed by atoms with Crippen LogP contribution in [0.3, 0.4) is 0 Å². The predicted molar refractivity (Wildman–Crippen MR) is 143 cm³/mol. The number of fused-ring (bicyclic) bond motifs is 1. The quantitative estimate of drug-likeness (QED) is 0.178. The van der Waals surface area contributed by atoms with E-state index in [9.17, 15) is 19.7 Å². The molecule has 1 heterocycles. The fraction of sp³-hybridized carbons (Fsp3) is 0.423. The van der Waals surface area contributed by atoms with Crippen LogP contribution in [0.25, 0.3) is 10.9 Å². The smallest absolute Gasteiger partial charge is 0.314 e. The molecule has 0 fully saturated rings. The molecule has 0 aliphatic carbocycles. The molecule has 1 N–H and O–H groups in total. The number of carbonyl (C=O) groups is 1. The summed E-state index contributed by atoms with van der Waals surface area (Å²) in [6, 6.07) is 9.90. The molecule has 1 atom stereocenters. The Morgan fingerprint density at radius 2 is 1.86 bits per heavy atom. The Labute approximate surface area is 215 Å². The number of anilines is 1. The lowest BCUT2D eigenvalue weighted by molar-refractivity contribution is -0.384. The van der Waals surface area contributed by atoms with Gasteiger partial charge < -0.3 is 10.2 Å². The van der Waals surface area contributed by atoms with Crippen LogP contribution in [0.5, 0.6) is 0 Å². The van der Waals surface area contributed by atoms with Gasteiger partial charge in [0.1, 0.15) is 5.82 Å². The summed E-state index contributed by atoms with van der Waals surface area (Å²) in [5, 5.41) is 14.8. The standard InChI is InChI=1S/C26H32ClN5O4/c1-4-7-8-9-16-31(26(34)28-19-11-13-20(14-12-19)32(35)36)23(5-2)24-29-22-17-18(27)10-15-21(22)25(33)30(24)6-3/h10-15,17,23H,4-9,16H2,1-3H3,(H,28,34). The second-order valence-electron chi connectivity index (χ2n) is 8.59. The molecule has 1 aromatic heterocycles. The number of nitrogens with one attached hydrogen (secondary N) is 1. The fourth-order valence-electron chi connectivity index (χ4n) is 4.28. The minimum atomic E-state index is -0.486. The van der Waals surface area contributed by atoms with E-state index >= 15 is 0 Å². The number of hydrogen-bond donors (Lipinski definition) is 1. The highest BCUT2D eigenvalue weighted by molar-refractivity contribution is 6.31. The largest absolute Gasteiger partial charge is 0.322 e. The van der Waals surface area contributed by atoms with Crippen molar-refractivity contribution in [1.82, 2.24) is 14.5 Å². The lowest BCUT2D eigenvalue weighted by Gasteiger charge is -2.32. The van der Waals surface area contributed by atoms with E-state index in [0.29, 0.717) is 46.9 Å². The first-order valence-electron chi connectivity index (χ1n) is 12.3. The zero-order chi connectivity index (χ0) is 26.2. The first-order valence-corrected chi connectivity index (χ1v) is 12.7. The van der Waals surface area contributed by atoms with Gasteiger partial charge in [0.25, 0.3) is 11.2 Å². The molecule has 0 spiro atoms. The molecule has 36 heavy (non-hydrogen) atoms. The van der Waals surface area contributed by atoms with E-state index in [2.05, 4.69) is 12.2 Å². The average molecular weight is 514 g/mol. The topological polar surface area (TPSA) is 110 Å². The van der Waals surface area contributed by atoms with Gasteiger partial charge in [0.2, 0.25) is 0 Å². The zero-order valence-corrected chi connectivity index (χ0v) is 21.6. The minimum Gasteiger partial charge on any atom is -0.314 e. The van der Waals surface area contributed by atoms with Crippen molar-refractivity contribution in [2.24, 2.45) is 0 Å². The molecule has 0 aliphatic rings. The molecule has 3 aromatic rings. The van der Waals surface area contributed by atoms with E-state index in [-0.39, 0.29) is 17.3 Å². The van der Waals surface area contributed by atoms with Gasteiger partial charge in [0, 0.05) is 35.9 Å². The van der Waals surface area contributed by atoms with E-state index in [1.807, 2.05) is 13.8 Å². The van der Waals surface area contributed by atoms with Crippen molar-refractivity contribution in [3.05, 3.63) is 73.8 Å². The third-order valence-electron chi connectivity index (χ3n) is 6.17. The lowest BCUT2D eigenvalue weighted by Crippen LogP contribution is -2.41. The van der Waals surface area contributed by atoms with Crippen molar-refractivity contribution in [3.8, 4) is 0 Å². The Morgan fingerprint density at radius 3 is 2.47 bits per heavy atom. The van der Waals surface area contributed by atoms with Crippen molar-refractivity contribution < 1.29 is 9.72 Å². The third-order valence-corrected chi connectivity index (χ3v) is 6.40. The van der Waals surface area contributed by atoms with Crippen LogP contribution in [0.15, 0.2) is 47.3 Å². The number of nitro groups is 1. The van der Waals surface area contributed by atoms with Gasteiger partial charge in [-0.1, -0.05) is 44.7 Å². The number of benzene rings is 2. The van der Waals surface area contributed by atoms with Crippen LogP contribution in [-0.4, -0.2) is 32.0 Å². The van der Waals surface area contributed by atoms with E-state index in [0.717, 1.165) is 25.7 Å². The summed E-state index contributed by atoms with van der Waals surface area (Å²) in [4.78, 5) is 43.8. The number of unbranched alkanes of at least 4 members (excludes halogenated alkanes) is 3. The molecule has 0 aliphatic heterocycles. The number of rotatable bonds is 11. The molecule has 2 amide bonds. The maximum absolute atomic E-state index is 13.5. The van der Waals surface area contributed by atoms with Crippen LogP contribution < -0.4 is 10.9 Å². The van der Waals surface area contributed by atoms with E-state index in [1.54, 1.807) is 27.7 Å². The lowest BCUT2D eigenvalue weighted by atomic mass is 10.1. The normalized spacial score (nSPS) is 11.9. The van der Waals surface area contributed by atoms with Crippen LogP contribution in [0.2, 0.25) is 5.02 Å². The van der Waals surface area contributed by atoms with Crippen molar-refractivity contribution in [2.45, 2.75) is 65.5 Å². The first-order chi connectivity index (χ1) is 17.3. The Hall–Kier alpha value is -3.46. The van der Waals surface area contributed by atoms with Gasteiger partial charge in [0.05, 0.1) is 21.9 Å². The Kier molecular flexibility index (Phi) is 9.41. The predicted octanol–water partition coefficient (Wildman–Crippen LogP) is 6.54. The molecule has 0 saturated carbocycles. The fourth-order valence-corrected chi connectivity index (χ4v) is 4.45. The van der Waals surface area contributed by atoms with Gasteiger partial charge in [-0.05, 0) is 50.1 Å². The highest BCUT2D eigenvalue weighted by Crippen LogP contribution is 2.27. The Morgan fingerprint density at radius 1 is 1.14 bits per heavy atom. The molecule has 2 aromatic carbocycles. The molecular formula is C26H32ClN5O4. The van der Waals surface area contributed by atoms with E-state index < -0.39 is 11.0 Å². The number of non-ortho nitro benzene ring substituents is 1. The summed E-state index contributed by atoms with van der Waals surface area (Å²) in [7, 11) is 0. The molecule has 10 heteroatoms. The van der Waals surface area contributed by atoms with Gasteiger partial charge >= 0.3 is 6.03 Å². The summed E-state index contributed by atoms with van der Waals surface area (Å²) < 4.78 is 1.61. The number of nitrogens with zero attached hydrogens (tertiary/aromatic N) is 4. The summed E-state index contributed by atoms with van der Waals surface area (Å²) in [6.45, 7) is 6.84. The number of nitro benzene ring substituents is 1. The molecule has 3 rings (SSSR count). The SMILES string of the molecule is CCCCCCN(C(=O)Nc1ccc([N+](=O)[O-])cc1)C(CC)c1nc2cc(Cl)ccc2c(=O)n1CC. The number of halogens is 1. The van der Waals surface area contributed by atoms with E-state index in [1.165, 1.54) is 24.3 Å². The van der Waals surface area contributed by atoms with Crippen LogP contribution in [-0.2, 0) is 6.54 Å². The van der Waals surface area contributed by atoms with E-state index in [4.69, 9.17) is 16.6 Å². The molecule has 0 bridgehead atoms. The van der Waals surface area contributed by atoms with Crippen molar-refractivity contribution in [3.63, 3.8) is 0 Å². The van der Waals surface area contributed by atoms with Gasteiger partial charge in [-0.15, -0.1) is 0 Å². The molecule has 0 saturated heterocycles. The number of amides is 2. The molecule has 192 valence electrons. The maximum Gasteiger partial charge on any atom is 0.322 e. The second-order valence-corrected chi connectivity index (χ2v) is 9.03. The summed E-state index contributed by atoms with van der Waals surface area (Å²) in [5.41, 5.74) is 0.716. The minimum absolute atomic E-state index is 0.0538. The summed E-state index contributed by atoms with van der Waals surface area (Å²) >= 11 is 6.18. The van der Waals surface area contributed by atoms with Crippen LogP contribution >= 0.6 is 11.6 Å². The van der Waals surface area contributed by atoms with Crippen LogP contribution in [0, 0.1) is 10.1 Å².